The van der Waals surface area contributed by atoms with Gasteiger partial charge in [-0.25, -0.2) is 0 Å². The molecule has 0 bridgehead atoms. The van der Waals surface area contributed by atoms with Crippen LogP contribution < -0.4 is 5.32 Å². The average molecular weight is 200 g/mol. The van der Waals surface area contributed by atoms with Gasteiger partial charge in [-0.1, -0.05) is 23.7 Å². The monoisotopic (exact) mass is 199 g/mol. The average Bonchev–Trinajstić information content (AvgIpc) is 2.09. The van der Waals surface area contributed by atoms with Crippen molar-refractivity contribution < 1.29 is 5.11 Å². The molecular formula is C10H14ClNO. The van der Waals surface area contributed by atoms with Crippen molar-refractivity contribution in [2.24, 2.45) is 0 Å². The van der Waals surface area contributed by atoms with Gasteiger partial charge in [-0.15, -0.1) is 0 Å². The van der Waals surface area contributed by atoms with Crippen molar-refractivity contribution in [1.82, 2.24) is 5.32 Å². The minimum Gasteiger partial charge on any atom is -0.395 e. The van der Waals surface area contributed by atoms with Crippen LogP contribution in [0.4, 0.5) is 0 Å². The van der Waals surface area contributed by atoms with Crippen LogP contribution in [0.2, 0.25) is 5.02 Å². The number of nitrogens with one attached hydrogen (secondary N) is 1. The highest BCUT2D eigenvalue weighted by molar-refractivity contribution is 6.31. The molecule has 1 aromatic carbocycles. The molecule has 0 radical (unpaired) electrons. The molecule has 2 nitrogen and oxygen atoms in total. The van der Waals surface area contributed by atoms with E-state index < -0.39 is 0 Å². The maximum Gasteiger partial charge on any atom is 0.0556 e. The van der Waals surface area contributed by atoms with Gasteiger partial charge in [-0.05, 0) is 24.1 Å². The SMILES string of the molecule is Cc1ccc(CNCCO)c(Cl)c1. The Morgan fingerprint density at radius 2 is 2.23 bits per heavy atom. The summed E-state index contributed by atoms with van der Waals surface area (Å²) in [6.07, 6.45) is 0. The Bertz CT molecular complexity index is 276. The van der Waals surface area contributed by atoms with E-state index in [-0.39, 0.29) is 6.61 Å². The summed E-state index contributed by atoms with van der Waals surface area (Å²) >= 11 is 6.01. The number of hydrogen-bond donors (Lipinski definition) is 2. The van der Waals surface area contributed by atoms with Gasteiger partial charge in [0.2, 0.25) is 0 Å². The van der Waals surface area contributed by atoms with Gasteiger partial charge in [-0.2, -0.15) is 0 Å². The molecule has 0 aliphatic carbocycles. The van der Waals surface area contributed by atoms with Crippen molar-refractivity contribution >= 4 is 11.6 Å². The zero-order chi connectivity index (χ0) is 9.68. The highest BCUT2D eigenvalue weighted by atomic mass is 35.5. The lowest BCUT2D eigenvalue weighted by Gasteiger charge is -2.05. The topological polar surface area (TPSA) is 32.3 Å². The predicted molar refractivity (Wildman–Crippen MR) is 55.0 cm³/mol. The number of hydrogen-bond acceptors (Lipinski definition) is 2. The van der Waals surface area contributed by atoms with Crippen LogP contribution >= 0.6 is 11.6 Å². The quantitative estimate of drug-likeness (QED) is 0.724. The summed E-state index contributed by atoms with van der Waals surface area (Å²) in [5.74, 6) is 0. The summed E-state index contributed by atoms with van der Waals surface area (Å²) in [5, 5.41) is 12.4. The summed E-state index contributed by atoms with van der Waals surface area (Å²) in [6.45, 7) is 3.48. The second-order valence-corrected chi connectivity index (χ2v) is 3.40. The first-order valence-electron chi connectivity index (χ1n) is 4.30. The lowest BCUT2D eigenvalue weighted by molar-refractivity contribution is 0.292. The molecule has 0 amide bonds. The Kier molecular flexibility index (Phi) is 4.22. The summed E-state index contributed by atoms with van der Waals surface area (Å²) in [7, 11) is 0. The fourth-order valence-electron chi connectivity index (χ4n) is 1.10. The van der Waals surface area contributed by atoms with Crippen molar-refractivity contribution in [3.05, 3.63) is 34.3 Å². The Labute approximate surface area is 83.5 Å². The fourth-order valence-corrected chi connectivity index (χ4v) is 1.40. The highest BCUT2D eigenvalue weighted by Gasteiger charge is 1.98. The van der Waals surface area contributed by atoms with Crippen LogP contribution in [0.15, 0.2) is 18.2 Å². The van der Waals surface area contributed by atoms with Crippen molar-refractivity contribution in [2.45, 2.75) is 13.5 Å². The van der Waals surface area contributed by atoms with Crippen LogP contribution in [-0.4, -0.2) is 18.3 Å². The van der Waals surface area contributed by atoms with Crippen molar-refractivity contribution in [2.75, 3.05) is 13.2 Å². The number of aliphatic hydroxyl groups excluding tert-OH is 1. The van der Waals surface area contributed by atoms with Crippen LogP contribution in [-0.2, 0) is 6.54 Å². The van der Waals surface area contributed by atoms with E-state index in [1.165, 1.54) is 0 Å². The van der Waals surface area contributed by atoms with Gasteiger partial charge in [-0.3, -0.25) is 0 Å². The van der Waals surface area contributed by atoms with E-state index in [0.29, 0.717) is 13.1 Å². The number of halogens is 1. The molecule has 0 saturated heterocycles. The molecule has 0 spiro atoms. The van der Waals surface area contributed by atoms with E-state index >= 15 is 0 Å². The zero-order valence-corrected chi connectivity index (χ0v) is 8.43. The molecule has 1 rings (SSSR count). The third-order valence-corrected chi connectivity index (χ3v) is 2.16. The molecule has 0 unspecified atom stereocenters. The van der Waals surface area contributed by atoms with Crippen LogP contribution in [0.25, 0.3) is 0 Å². The van der Waals surface area contributed by atoms with Gasteiger partial charge >= 0.3 is 0 Å². The Morgan fingerprint density at radius 3 is 2.85 bits per heavy atom. The van der Waals surface area contributed by atoms with Gasteiger partial charge in [0, 0.05) is 18.1 Å². The molecule has 2 N–H and O–H groups in total. The smallest absolute Gasteiger partial charge is 0.0556 e. The molecule has 0 aliphatic rings. The lowest BCUT2D eigenvalue weighted by Crippen LogP contribution is -2.17. The Hall–Kier alpha value is -0.570. The maximum absolute atomic E-state index is 8.56. The van der Waals surface area contributed by atoms with E-state index in [4.69, 9.17) is 16.7 Å². The molecule has 0 atom stereocenters. The summed E-state index contributed by atoms with van der Waals surface area (Å²) in [5.41, 5.74) is 2.23. The molecule has 13 heavy (non-hydrogen) atoms. The number of benzene rings is 1. The summed E-state index contributed by atoms with van der Waals surface area (Å²) in [4.78, 5) is 0. The summed E-state index contributed by atoms with van der Waals surface area (Å²) < 4.78 is 0. The van der Waals surface area contributed by atoms with Gasteiger partial charge in [0.25, 0.3) is 0 Å². The maximum atomic E-state index is 8.56. The van der Waals surface area contributed by atoms with Gasteiger partial charge in [0.05, 0.1) is 6.61 Å². The van der Waals surface area contributed by atoms with Crippen LogP contribution in [0.5, 0.6) is 0 Å². The van der Waals surface area contributed by atoms with Crippen LogP contribution in [0.1, 0.15) is 11.1 Å². The Morgan fingerprint density at radius 1 is 1.46 bits per heavy atom. The number of aryl methyl sites for hydroxylation is 1. The standard InChI is InChI=1S/C10H14ClNO/c1-8-2-3-9(10(11)6-8)7-12-4-5-13/h2-3,6,12-13H,4-5,7H2,1H3. The molecular weight excluding hydrogens is 186 g/mol. The molecule has 72 valence electrons. The highest BCUT2D eigenvalue weighted by Crippen LogP contribution is 2.16. The minimum absolute atomic E-state index is 0.156. The third kappa shape index (κ3) is 3.35. The van der Waals surface area contributed by atoms with E-state index in [2.05, 4.69) is 5.32 Å². The second-order valence-electron chi connectivity index (χ2n) is 3.00. The molecule has 0 fully saturated rings. The van der Waals surface area contributed by atoms with Crippen LogP contribution in [0, 0.1) is 6.92 Å². The largest absolute Gasteiger partial charge is 0.395 e. The molecule has 0 heterocycles. The fraction of sp³-hybridized carbons (Fsp3) is 0.400. The molecule has 3 heteroatoms. The second kappa shape index (κ2) is 5.22. The molecule has 1 aromatic rings. The van der Waals surface area contributed by atoms with E-state index in [9.17, 15) is 0 Å². The summed E-state index contributed by atoms with van der Waals surface area (Å²) in [6, 6.07) is 5.97. The van der Waals surface area contributed by atoms with Crippen LogP contribution in [0.3, 0.4) is 0 Å². The first kappa shape index (κ1) is 10.5. The van der Waals surface area contributed by atoms with E-state index in [1.807, 2.05) is 25.1 Å². The Balaban J connectivity index is 2.56. The molecule has 0 aromatic heterocycles. The first-order valence-corrected chi connectivity index (χ1v) is 4.68. The van der Waals surface area contributed by atoms with Gasteiger partial charge < -0.3 is 10.4 Å². The van der Waals surface area contributed by atoms with E-state index in [1.54, 1.807) is 0 Å². The van der Waals surface area contributed by atoms with Gasteiger partial charge in [0.15, 0.2) is 0 Å². The van der Waals surface area contributed by atoms with Crippen molar-refractivity contribution in [3.63, 3.8) is 0 Å². The van der Waals surface area contributed by atoms with Crippen molar-refractivity contribution in [1.29, 1.82) is 0 Å². The van der Waals surface area contributed by atoms with Crippen molar-refractivity contribution in [3.8, 4) is 0 Å². The zero-order valence-electron chi connectivity index (χ0n) is 7.68. The molecule has 0 saturated carbocycles. The number of aliphatic hydroxyl groups is 1. The van der Waals surface area contributed by atoms with Gasteiger partial charge in [0.1, 0.15) is 0 Å². The number of rotatable bonds is 4. The normalized spacial score (nSPS) is 10.4. The lowest BCUT2D eigenvalue weighted by atomic mass is 10.1. The molecule has 0 aliphatic heterocycles. The first-order chi connectivity index (χ1) is 6.24. The van der Waals surface area contributed by atoms with E-state index in [0.717, 1.165) is 16.1 Å². The minimum atomic E-state index is 0.156. The predicted octanol–water partition coefficient (Wildman–Crippen LogP) is 1.73. The third-order valence-electron chi connectivity index (χ3n) is 1.81.